The second-order valence-electron chi connectivity index (χ2n) is 8.28. The van der Waals surface area contributed by atoms with Gasteiger partial charge in [-0.2, -0.15) is 13.2 Å². The molecule has 4 nitrogen and oxygen atoms in total. The topological polar surface area (TPSA) is 44.8 Å². The lowest BCUT2D eigenvalue weighted by atomic mass is 9.96. The number of nitrogens with one attached hydrogen (secondary N) is 1. The summed E-state index contributed by atoms with van der Waals surface area (Å²) in [5.41, 5.74) is 4.98. The van der Waals surface area contributed by atoms with Crippen LogP contribution in [0.25, 0.3) is 22.2 Å². The minimum absolute atomic E-state index is 0.0844. The fourth-order valence-corrected chi connectivity index (χ4v) is 4.18. The zero-order valence-electron chi connectivity index (χ0n) is 18.0. The zero-order valence-corrected chi connectivity index (χ0v) is 18.8. The summed E-state index contributed by atoms with van der Waals surface area (Å²) in [4.78, 5) is 14.1. The highest BCUT2D eigenvalue weighted by molar-refractivity contribution is 6.30. The number of aromatic nitrogens is 3. The van der Waals surface area contributed by atoms with Gasteiger partial charge in [0.2, 0.25) is 5.95 Å². The predicted octanol–water partition coefficient (Wildman–Crippen LogP) is 6.46. The molecule has 172 valence electrons. The van der Waals surface area contributed by atoms with E-state index in [-0.39, 0.29) is 12.8 Å². The van der Waals surface area contributed by atoms with Gasteiger partial charge in [-0.25, -0.2) is 9.97 Å². The van der Waals surface area contributed by atoms with E-state index in [1.165, 1.54) is 0 Å². The quantitative estimate of drug-likeness (QED) is 0.335. The molecule has 1 N–H and O–H groups in total. The van der Waals surface area contributed by atoms with Crippen molar-refractivity contribution in [3.8, 4) is 23.0 Å². The molecule has 0 radical (unpaired) electrons. The van der Waals surface area contributed by atoms with Crippen LogP contribution in [0.5, 0.6) is 0 Å². The molecule has 0 saturated carbocycles. The highest BCUT2D eigenvalue weighted by Gasteiger charge is 2.41. The second kappa shape index (κ2) is 9.03. The molecule has 1 fully saturated rings. The maximum absolute atomic E-state index is 12.9. The van der Waals surface area contributed by atoms with Gasteiger partial charge in [-0.3, -0.25) is 0 Å². The lowest BCUT2D eigenvalue weighted by molar-refractivity contribution is -0.179. The van der Waals surface area contributed by atoms with E-state index in [4.69, 9.17) is 11.6 Å². The molecule has 1 saturated heterocycles. The van der Waals surface area contributed by atoms with Gasteiger partial charge in [0.25, 0.3) is 0 Å². The number of hydrogen-bond acceptors (Lipinski definition) is 3. The van der Waals surface area contributed by atoms with Crippen LogP contribution in [-0.4, -0.2) is 34.2 Å². The number of H-pyrrole nitrogens is 1. The van der Waals surface area contributed by atoms with Crippen LogP contribution in [0.15, 0.2) is 60.8 Å². The average molecular weight is 481 g/mol. The number of alkyl halides is 3. The van der Waals surface area contributed by atoms with E-state index in [1.807, 2.05) is 59.5 Å². The van der Waals surface area contributed by atoms with E-state index in [1.54, 1.807) is 6.20 Å². The fourth-order valence-electron chi connectivity index (χ4n) is 4.06. The minimum atomic E-state index is -4.13. The van der Waals surface area contributed by atoms with Crippen LogP contribution in [0.4, 0.5) is 19.1 Å². The highest BCUT2D eigenvalue weighted by Crippen LogP contribution is 2.35. The minimum Gasteiger partial charge on any atom is -0.342 e. The smallest absolute Gasteiger partial charge is 0.342 e. The Labute approximate surface area is 199 Å². The third-order valence-corrected chi connectivity index (χ3v) is 6.26. The Morgan fingerprint density at radius 2 is 1.68 bits per heavy atom. The molecule has 3 heterocycles. The van der Waals surface area contributed by atoms with E-state index in [0.29, 0.717) is 29.8 Å². The number of piperidine rings is 1. The summed E-state index contributed by atoms with van der Waals surface area (Å²) >= 11 is 5.94. The summed E-state index contributed by atoms with van der Waals surface area (Å²) in [5, 5.41) is 0.686. The van der Waals surface area contributed by atoms with Crippen molar-refractivity contribution in [2.45, 2.75) is 19.0 Å². The van der Waals surface area contributed by atoms with Crippen molar-refractivity contribution in [3.63, 3.8) is 0 Å². The first kappa shape index (κ1) is 22.3. The molecule has 4 aromatic rings. The highest BCUT2D eigenvalue weighted by atomic mass is 35.5. The molecular weight excluding hydrogens is 461 g/mol. The number of anilines is 1. The normalized spacial score (nSPS) is 14.8. The van der Waals surface area contributed by atoms with Gasteiger partial charge < -0.3 is 9.88 Å². The number of fused-ring (bicyclic) bond motifs is 1. The standard InChI is InChI=1S/C26H20ClF3N4/c27-21-6-3-18(4-7-21)19-5-9-22(31-16-19)8-1-17-2-10-23-24(15-17)33-25(32-23)34-13-11-20(12-14-34)26(28,29)30/h2-7,9-10,15-16,20H,11-14H2,(H,32,33). The van der Waals surface area contributed by atoms with E-state index in [9.17, 15) is 13.2 Å². The molecule has 2 aromatic heterocycles. The predicted molar refractivity (Wildman–Crippen MR) is 128 cm³/mol. The third kappa shape index (κ3) is 4.87. The maximum atomic E-state index is 12.9. The molecule has 2 aromatic carbocycles. The molecule has 0 amide bonds. The Morgan fingerprint density at radius 1 is 0.941 bits per heavy atom. The SMILES string of the molecule is FC(F)(F)C1CCN(c2nc3cc(C#Cc4ccc(-c5ccc(Cl)cc5)cn4)ccc3[nH]2)CC1. The molecular formula is C26H20ClF3N4. The van der Waals surface area contributed by atoms with E-state index in [0.717, 1.165) is 27.7 Å². The number of aromatic amines is 1. The van der Waals surface area contributed by atoms with E-state index in [2.05, 4.69) is 26.8 Å². The summed E-state index contributed by atoms with van der Waals surface area (Å²) in [6.45, 7) is 0.655. The van der Waals surface area contributed by atoms with Crippen molar-refractivity contribution in [1.29, 1.82) is 0 Å². The first-order valence-electron chi connectivity index (χ1n) is 10.9. The molecule has 1 aliphatic rings. The molecule has 34 heavy (non-hydrogen) atoms. The summed E-state index contributed by atoms with van der Waals surface area (Å²) in [6, 6.07) is 17.0. The van der Waals surface area contributed by atoms with Gasteiger partial charge in [-0.15, -0.1) is 0 Å². The number of hydrogen-bond donors (Lipinski definition) is 1. The molecule has 0 bridgehead atoms. The van der Waals surface area contributed by atoms with Crippen LogP contribution >= 0.6 is 11.6 Å². The van der Waals surface area contributed by atoms with Gasteiger partial charge in [0.05, 0.1) is 17.0 Å². The summed E-state index contributed by atoms with van der Waals surface area (Å²) in [6.07, 6.45) is -2.18. The molecule has 0 atom stereocenters. The number of nitrogens with zero attached hydrogens (tertiary/aromatic N) is 3. The average Bonchev–Trinajstić information content (AvgIpc) is 3.27. The Kier molecular flexibility index (Phi) is 5.93. The van der Waals surface area contributed by atoms with Crippen molar-refractivity contribution < 1.29 is 13.2 Å². The van der Waals surface area contributed by atoms with Gasteiger partial charge in [0.15, 0.2) is 0 Å². The fraction of sp³-hybridized carbons (Fsp3) is 0.231. The van der Waals surface area contributed by atoms with E-state index < -0.39 is 12.1 Å². The van der Waals surface area contributed by atoms with Gasteiger partial charge in [-0.1, -0.05) is 35.7 Å². The monoisotopic (exact) mass is 480 g/mol. The number of pyridine rings is 1. The zero-order chi connectivity index (χ0) is 23.7. The molecule has 5 rings (SSSR count). The van der Waals surface area contributed by atoms with Gasteiger partial charge in [-0.05, 0) is 60.7 Å². The van der Waals surface area contributed by atoms with Crippen LogP contribution in [-0.2, 0) is 0 Å². The first-order chi connectivity index (χ1) is 16.3. The molecule has 0 aliphatic carbocycles. The van der Waals surface area contributed by atoms with Gasteiger partial charge in [0.1, 0.15) is 5.69 Å². The number of imidazole rings is 1. The van der Waals surface area contributed by atoms with Crippen LogP contribution < -0.4 is 4.90 Å². The van der Waals surface area contributed by atoms with E-state index >= 15 is 0 Å². The molecule has 1 aliphatic heterocycles. The number of rotatable bonds is 2. The van der Waals surface area contributed by atoms with Crippen LogP contribution in [0.3, 0.4) is 0 Å². The molecule has 8 heteroatoms. The lowest BCUT2D eigenvalue weighted by Gasteiger charge is -2.32. The van der Waals surface area contributed by atoms with Crippen LogP contribution in [0, 0.1) is 17.8 Å². The van der Waals surface area contributed by atoms with Crippen LogP contribution in [0.1, 0.15) is 24.1 Å². The van der Waals surface area contributed by atoms with Crippen molar-refractivity contribution in [3.05, 3.63) is 77.1 Å². The lowest BCUT2D eigenvalue weighted by Crippen LogP contribution is -2.39. The Balaban J connectivity index is 1.29. The summed E-state index contributed by atoms with van der Waals surface area (Å²) in [7, 11) is 0. The van der Waals surface area contributed by atoms with Crippen molar-refractivity contribution in [2.24, 2.45) is 5.92 Å². The van der Waals surface area contributed by atoms with Crippen molar-refractivity contribution >= 4 is 28.6 Å². The summed E-state index contributed by atoms with van der Waals surface area (Å²) in [5.74, 6) is 5.54. The number of halogens is 4. The van der Waals surface area contributed by atoms with Crippen molar-refractivity contribution in [1.82, 2.24) is 15.0 Å². The van der Waals surface area contributed by atoms with Crippen LogP contribution in [0.2, 0.25) is 5.02 Å². The second-order valence-corrected chi connectivity index (χ2v) is 8.72. The maximum Gasteiger partial charge on any atom is 0.391 e. The molecule has 0 spiro atoms. The van der Waals surface area contributed by atoms with Gasteiger partial charge in [0, 0.05) is 35.4 Å². The number of benzene rings is 2. The Morgan fingerprint density at radius 3 is 2.35 bits per heavy atom. The Hall–Kier alpha value is -3.50. The molecule has 0 unspecified atom stereocenters. The first-order valence-corrected chi connectivity index (χ1v) is 11.3. The summed E-state index contributed by atoms with van der Waals surface area (Å²) < 4.78 is 38.8. The third-order valence-electron chi connectivity index (χ3n) is 6.00. The Bertz CT molecular complexity index is 1360. The van der Waals surface area contributed by atoms with Crippen molar-refractivity contribution in [2.75, 3.05) is 18.0 Å². The van der Waals surface area contributed by atoms with Gasteiger partial charge >= 0.3 is 6.18 Å². The largest absolute Gasteiger partial charge is 0.391 e.